The van der Waals surface area contributed by atoms with Crippen LogP contribution in [0.1, 0.15) is 18.5 Å². The number of para-hydroxylation sites is 1. The molecule has 0 spiro atoms. The van der Waals surface area contributed by atoms with E-state index < -0.39 is 6.04 Å². The van der Waals surface area contributed by atoms with E-state index in [0.29, 0.717) is 27.9 Å². The Labute approximate surface area is 169 Å². The Hall–Kier alpha value is -2.38. The summed E-state index contributed by atoms with van der Waals surface area (Å²) >= 11 is 4.85. The van der Waals surface area contributed by atoms with Gasteiger partial charge >= 0.3 is 0 Å². The number of carbonyl (C=O) groups excluding carboxylic acids is 2. The molecule has 5 nitrogen and oxygen atoms in total. The van der Waals surface area contributed by atoms with Crippen LogP contribution in [0.3, 0.4) is 0 Å². The number of carbonyl (C=O) groups is 2. The van der Waals surface area contributed by atoms with Crippen molar-refractivity contribution in [2.24, 2.45) is 4.99 Å². The first kappa shape index (κ1) is 18.0. The van der Waals surface area contributed by atoms with Crippen LogP contribution in [-0.2, 0) is 9.59 Å². The lowest BCUT2D eigenvalue weighted by Crippen LogP contribution is -2.40. The molecule has 0 bridgehead atoms. The van der Waals surface area contributed by atoms with Crippen molar-refractivity contribution in [2.75, 3.05) is 11.1 Å². The number of thioether (sulfide) groups is 1. The molecular weight excluding hydrogens is 426 g/mol. The summed E-state index contributed by atoms with van der Waals surface area (Å²) in [6.07, 6.45) is 0. The van der Waals surface area contributed by atoms with Gasteiger partial charge in [0.25, 0.3) is 5.91 Å². The van der Waals surface area contributed by atoms with Crippen LogP contribution in [-0.4, -0.2) is 27.6 Å². The zero-order chi connectivity index (χ0) is 19.0. The molecule has 4 rings (SSSR count). The molecule has 2 amide bonds. The second-order valence-corrected chi connectivity index (χ2v) is 8.08. The maximum Gasteiger partial charge on any atom is 0.255 e. The molecule has 27 heavy (non-hydrogen) atoms. The molecule has 0 unspecified atom stereocenters. The Bertz CT molecular complexity index is 970. The Morgan fingerprint density at radius 1 is 1.19 bits per heavy atom. The lowest BCUT2D eigenvalue weighted by molar-refractivity contribution is -0.125. The molecule has 0 radical (unpaired) electrons. The second kappa shape index (κ2) is 7.32. The minimum absolute atomic E-state index is 0.0378. The number of nitrogens with one attached hydrogen (secondary N) is 1. The van der Waals surface area contributed by atoms with Crippen molar-refractivity contribution in [1.29, 1.82) is 0 Å². The number of halogens is 1. The molecule has 2 aliphatic heterocycles. The fourth-order valence-corrected chi connectivity index (χ4v) is 4.42. The predicted octanol–water partition coefficient (Wildman–Crippen LogP) is 4.35. The highest BCUT2D eigenvalue weighted by atomic mass is 79.9. The number of fused-ring (bicyclic) bond motifs is 1. The van der Waals surface area contributed by atoms with Crippen molar-refractivity contribution in [3.05, 3.63) is 75.9 Å². The van der Waals surface area contributed by atoms with Gasteiger partial charge in [0.15, 0.2) is 5.17 Å². The molecular formula is C20H16BrN3O2S. The summed E-state index contributed by atoms with van der Waals surface area (Å²) in [5.74, 6) is 0.0514. The van der Waals surface area contributed by atoms with E-state index in [1.54, 1.807) is 4.90 Å². The number of anilines is 1. The fraction of sp³-hybridized carbons (Fsp3) is 0.150. The molecule has 2 aliphatic rings. The van der Waals surface area contributed by atoms with E-state index >= 15 is 0 Å². The lowest BCUT2D eigenvalue weighted by Gasteiger charge is -2.33. The summed E-state index contributed by atoms with van der Waals surface area (Å²) < 4.78 is 0.939. The van der Waals surface area contributed by atoms with Gasteiger partial charge in [0.1, 0.15) is 0 Å². The third kappa shape index (κ3) is 3.44. The summed E-state index contributed by atoms with van der Waals surface area (Å²) in [6.45, 7) is 1.82. The highest BCUT2D eigenvalue weighted by Gasteiger charge is 2.42. The smallest absolute Gasteiger partial charge is 0.255 e. The molecule has 0 aliphatic carbocycles. The number of amides is 2. The monoisotopic (exact) mass is 441 g/mol. The van der Waals surface area contributed by atoms with Gasteiger partial charge in [0, 0.05) is 10.2 Å². The first-order valence-electron chi connectivity index (χ1n) is 8.41. The topological polar surface area (TPSA) is 61.8 Å². The first-order valence-corrected chi connectivity index (χ1v) is 10.2. The van der Waals surface area contributed by atoms with Gasteiger partial charge in [-0.1, -0.05) is 58.0 Å². The number of amidine groups is 1. The van der Waals surface area contributed by atoms with Crippen LogP contribution in [0.5, 0.6) is 0 Å². The quantitative estimate of drug-likeness (QED) is 0.769. The minimum Gasteiger partial charge on any atom is -0.322 e. The summed E-state index contributed by atoms with van der Waals surface area (Å²) in [6, 6.07) is 16.5. The summed E-state index contributed by atoms with van der Waals surface area (Å²) in [5, 5.41) is 3.58. The SMILES string of the molecule is CC1=C(C(=O)Nc2ccccc2)[C@@H](c2ccc(Br)cc2)N2C(=O)CSC2=N1. The molecule has 2 aromatic carbocycles. The van der Waals surface area contributed by atoms with E-state index in [0.717, 1.165) is 10.0 Å². The number of rotatable bonds is 3. The van der Waals surface area contributed by atoms with Gasteiger partial charge in [0.2, 0.25) is 5.91 Å². The van der Waals surface area contributed by atoms with Crippen LogP contribution >= 0.6 is 27.7 Å². The van der Waals surface area contributed by atoms with Gasteiger partial charge in [0.05, 0.1) is 23.1 Å². The van der Waals surface area contributed by atoms with E-state index in [1.807, 2.05) is 61.5 Å². The van der Waals surface area contributed by atoms with Crippen LogP contribution in [0.4, 0.5) is 5.69 Å². The van der Waals surface area contributed by atoms with E-state index in [9.17, 15) is 9.59 Å². The number of hydrogen-bond acceptors (Lipinski definition) is 4. The largest absolute Gasteiger partial charge is 0.322 e. The van der Waals surface area contributed by atoms with Crippen LogP contribution in [0.15, 0.2) is 75.3 Å². The van der Waals surface area contributed by atoms with E-state index in [4.69, 9.17) is 0 Å². The van der Waals surface area contributed by atoms with Gasteiger partial charge in [-0.3, -0.25) is 14.5 Å². The number of aliphatic imine (C=N–C) groups is 1. The highest BCUT2D eigenvalue weighted by molar-refractivity contribution is 9.10. The average molecular weight is 442 g/mol. The molecule has 2 aromatic rings. The van der Waals surface area contributed by atoms with Crippen molar-refractivity contribution in [3.63, 3.8) is 0 Å². The van der Waals surface area contributed by atoms with Gasteiger partial charge in [-0.15, -0.1) is 0 Å². The fourth-order valence-electron chi connectivity index (χ4n) is 3.21. The number of hydrogen-bond donors (Lipinski definition) is 1. The van der Waals surface area contributed by atoms with Crippen molar-refractivity contribution in [1.82, 2.24) is 4.90 Å². The molecule has 2 heterocycles. The Morgan fingerprint density at radius 2 is 1.89 bits per heavy atom. The van der Waals surface area contributed by atoms with Crippen molar-refractivity contribution in [2.45, 2.75) is 13.0 Å². The number of nitrogens with zero attached hydrogens (tertiary/aromatic N) is 2. The zero-order valence-electron chi connectivity index (χ0n) is 14.5. The van der Waals surface area contributed by atoms with Crippen LogP contribution in [0.2, 0.25) is 0 Å². The maximum atomic E-state index is 13.1. The van der Waals surface area contributed by atoms with Gasteiger partial charge in [-0.25, -0.2) is 4.99 Å². The molecule has 136 valence electrons. The molecule has 0 saturated carbocycles. The minimum atomic E-state index is -0.489. The highest BCUT2D eigenvalue weighted by Crippen LogP contribution is 2.41. The number of benzene rings is 2. The van der Waals surface area contributed by atoms with E-state index in [-0.39, 0.29) is 11.8 Å². The van der Waals surface area contributed by atoms with Crippen molar-refractivity contribution in [3.8, 4) is 0 Å². The van der Waals surface area contributed by atoms with Gasteiger partial charge in [-0.2, -0.15) is 0 Å². The first-order chi connectivity index (χ1) is 13.0. The van der Waals surface area contributed by atoms with Crippen LogP contribution in [0, 0.1) is 0 Å². The van der Waals surface area contributed by atoms with E-state index in [1.165, 1.54) is 11.8 Å². The molecule has 7 heteroatoms. The molecule has 1 atom stereocenters. The lowest BCUT2D eigenvalue weighted by atomic mass is 9.94. The molecule has 1 saturated heterocycles. The Morgan fingerprint density at radius 3 is 2.59 bits per heavy atom. The zero-order valence-corrected chi connectivity index (χ0v) is 16.9. The summed E-state index contributed by atoms with van der Waals surface area (Å²) in [7, 11) is 0. The Kier molecular flexibility index (Phi) is 4.88. The van der Waals surface area contributed by atoms with Gasteiger partial charge < -0.3 is 5.32 Å². The Balaban J connectivity index is 1.78. The molecule has 0 aromatic heterocycles. The third-order valence-corrected chi connectivity index (χ3v) is 5.91. The summed E-state index contributed by atoms with van der Waals surface area (Å²) in [4.78, 5) is 31.9. The maximum absolute atomic E-state index is 13.1. The molecule has 1 fully saturated rings. The van der Waals surface area contributed by atoms with Gasteiger partial charge in [-0.05, 0) is 36.8 Å². The second-order valence-electron chi connectivity index (χ2n) is 6.22. The number of allylic oxidation sites excluding steroid dienone is 1. The average Bonchev–Trinajstić information content (AvgIpc) is 3.02. The van der Waals surface area contributed by atoms with Crippen LogP contribution < -0.4 is 5.32 Å². The van der Waals surface area contributed by atoms with E-state index in [2.05, 4.69) is 26.2 Å². The van der Waals surface area contributed by atoms with Crippen molar-refractivity contribution >= 4 is 50.4 Å². The molecule has 1 N–H and O–H groups in total. The standard InChI is InChI=1S/C20H16BrN3O2S/c1-12-17(19(26)23-15-5-3-2-4-6-15)18(13-7-9-14(21)10-8-13)24-16(25)11-27-20(24)22-12/h2-10,18H,11H2,1H3,(H,23,26)/t18-/m1/s1. The summed E-state index contributed by atoms with van der Waals surface area (Å²) in [5.41, 5.74) is 2.69. The van der Waals surface area contributed by atoms with Crippen LogP contribution in [0.25, 0.3) is 0 Å². The van der Waals surface area contributed by atoms with Crippen molar-refractivity contribution < 1.29 is 9.59 Å². The predicted molar refractivity (Wildman–Crippen MR) is 111 cm³/mol. The normalized spacial score (nSPS) is 19.0. The third-order valence-electron chi connectivity index (χ3n) is 4.45.